The quantitative estimate of drug-likeness (QED) is 0.838. The summed E-state index contributed by atoms with van der Waals surface area (Å²) in [4.78, 5) is 0. The maximum absolute atomic E-state index is 6.19. The predicted octanol–water partition coefficient (Wildman–Crippen LogP) is 5.16. The van der Waals surface area contributed by atoms with Gasteiger partial charge in [0, 0.05) is 9.86 Å². The van der Waals surface area contributed by atoms with Gasteiger partial charge in [0.2, 0.25) is 0 Å². The molecule has 0 aliphatic heterocycles. The van der Waals surface area contributed by atoms with Crippen molar-refractivity contribution in [2.24, 2.45) is 5.92 Å². The molecule has 18 heavy (non-hydrogen) atoms. The van der Waals surface area contributed by atoms with Crippen LogP contribution in [-0.2, 0) is 0 Å². The minimum Gasteiger partial charge on any atom is -0.458 e. The number of hydrogen-bond acceptors (Lipinski definition) is 2. The topological polar surface area (TPSA) is 25.2 Å². The zero-order valence-corrected chi connectivity index (χ0v) is 13.1. The van der Waals surface area contributed by atoms with Crippen molar-refractivity contribution in [1.82, 2.24) is 5.32 Å². The summed E-state index contributed by atoms with van der Waals surface area (Å²) in [7, 11) is 0. The molecule has 1 unspecified atom stereocenters. The van der Waals surface area contributed by atoms with E-state index in [1.54, 1.807) is 0 Å². The molecule has 0 saturated carbocycles. The van der Waals surface area contributed by atoms with E-state index in [0.717, 1.165) is 27.7 Å². The first kappa shape index (κ1) is 13.9. The summed E-state index contributed by atoms with van der Waals surface area (Å²) in [6.45, 7) is 7.37. The molecule has 1 N–H and O–H groups in total. The lowest BCUT2D eigenvalue weighted by molar-refractivity contribution is 0.357. The van der Waals surface area contributed by atoms with Crippen LogP contribution < -0.4 is 5.32 Å². The maximum Gasteiger partial charge on any atom is 0.153 e. The molecule has 1 atom stereocenters. The molecular weight excluding hydrogens is 314 g/mol. The van der Waals surface area contributed by atoms with Crippen LogP contribution >= 0.6 is 27.5 Å². The number of fused-ring (bicyclic) bond motifs is 1. The van der Waals surface area contributed by atoms with Crippen molar-refractivity contribution in [2.45, 2.75) is 26.8 Å². The molecular formula is C14H17BrClNO. The van der Waals surface area contributed by atoms with Gasteiger partial charge >= 0.3 is 0 Å². The van der Waals surface area contributed by atoms with E-state index < -0.39 is 0 Å². The van der Waals surface area contributed by atoms with Gasteiger partial charge in [-0.05, 0) is 30.7 Å². The first-order valence-corrected chi connectivity index (χ1v) is 7.32. The van der Waals surface area contributed by atoms with Crippen molar-refractivity contribution in [3.63, 3.8) is 0 Å². The summed E-state index contributed by atoms with van der Waals surface area (Å²) in [6, 6.07) is 6.17. The van der Waals surface area contributed by atoms with Crippen molar-refractivity contribution in [3.05, 3.63) is 33.5 Å². The second-order valence-corrected chi connectivity index (χ2v) is 6.06. The molecule has 0 bridgehead atoms. The molecule has 0 fully saturated rings. The number of benzene rings is 1. The molecule has 0 radical (unpaired) electrons. The lowest BCUT2D eigenvalue weighted by Gasteiger charge is -2.19. The Kier molecular flexibility index (Phi) is 4.36. The molecule has 0 aliphatic rings. The van der Waals surface area contributed by atoms with Gasteiger partial charge in [0.1, 0.15) is 5.76 Å². The van der Waals surface area contributed by atoms with Crippen molar-refractivity contribution in [1.29, 1.82) is 0 Å². The Morgan fingerprint density at radius 3 is 2.67 bits per heavy atom. The zero-order chi connectivity index (χ0) is 13.3. The van der Waals surface area contributed by atoms with E-state index in [9.17, 15) is 0 Å². The smallest absolute Gasteiger partial charge is 0.153 e. The van der Waals surface area contributed by atoms with E-state index in [1.807, 2.05) is 12.1 Å². The summed E-state index contributed by atoms with van der Waals surface area (Å²) in [6.07, 6.45) is 0. The van der Waals surface area contributed by atoms with Crippen molar-refractivity contribution in [2.75, 3.05) is 6.54 Å². The van der Waals surface area contributed by atoms with Gasteiger partial charge in [0.15, 0.2) is 5.58 Å². The summed E-state index contributed by atoms with van der Waals surface area (Å²) in [5.41, 5.74) is 0.762. The fourth-order valence-corrected chi connectivity index (χ4v) is 3.01. The molecule has 2 nitrogen and oxygen atoms in total. The highest BCUT2D eigenvalue weighted by Gasteiger charge is 2.19. The summed E-state index contributed by atoms with van der Waals surface area (Å²) < 4.78 is 6.88. The summed E-state index contributed by atoms with van der Waals surface area (Å²) >= 11 is 9.64. The second kappa shape index (κ2) is 5.64. The van der Waals surface area contributed by atoms with Gasteiger partial charge in [0.25, 0.3) is 0 Å². The predicted molar refractivity (Wildman–Crippen MR) is 80.2 cm³/mol. The molecule has 1 heterocycles. The minimum absolute atomic E-state index is 0.220. The number of rotatable bonds is 4. The Balaban J connectivity index is 2.48. The number of halogens is 2. The molecule has 4 heteroatoms. The molecule has 0 amide bonds. The highest BCUT2D eigenvalue weighted by atomic mass is 79.9. The largest absolute Gasteiger partial charge is 0.458 e. The molecule has 1 aromatic carbocycles. The molecule has 2 aromatic rings. The van der Waals surface area contributed by atoms with Crippen LogP contribution in [0.5, 0.6) is 0 Å². The van der Waals surface area contributed by atoms with Crippen LogP contribution in [0.2, 0.25) is 5.02 Å². The van der Waals surface area contributed by atoms with E-state index in [1.165, 1.54) is 0 Å². The average molecular weight is 331 g/mol. The van der Waals surface area contributed by atoms with Crippen molar-refractivity contribution < 1.29 is 4.42 Å². The Morgan fingerprint density at radius 2 is 2.06 bits per heavy atom. The van der Waals surface area contributed by atoms with E-state index in [0.29, 0.717) is 10.9 Å². The Labute approximate surface area is 121 Å². The van der Waals surface area contributed by atoms with Crippen LogP contribution in [0, 0.1) is 5.92 Å². The SMILES string of the molecule is CCNC(c1cc2cc(Br)cc(Cl)c2o1)C(C)C. The van der Waals surface area contributed by atoms with Crippen molar-refractivity contribution in [3.8, 4) is 0 Å². The highest BCUT2D eigenvalue weighted by Crippen LogP contribution is 2.34. The van der Waals surface area contributed by atoms with Gasteiger partial charge in [-0.1, -0.05) is 48.3 Å². The molecule has 0 saturated heterocycles. The molecule has 0 spiro atoms. The van der Waals surface area contributed by atoms with Crippen molar-refractivity contribution >= 4 is 38.5 Å². The first-order chi connectivity index (χ1) is 8.52. The Morgan fingerprint density at radius 1 is 1.33 bits per heavy atom. The van der Waals surface area contributed by atoms with Gasteiger partial charge in [-0.25, -0.2) is 0 Å². The van der Waals surface area contributed by atoms with Gasteiger partial charge < -0.3 is 9.73 Å². The normalized spacial score (nSPS) is 13.4. The third kappa shape index (κ3) is 2.73. The monoisotopic (exact) mass is 329 g/mol. The van der Waals surface area contributed by atoms with Crippen LogP contribution in [0.1, 0.15) is 32.6 Å². The first-order valence-electron chi connectivity index (χ1n) is 6.14. The molecule has 1 aromatic heterocycles. The summed E-state index contributed by atoms with van der Waals surface area (Å²) in [5.74, 6) is 1.41. The van der Waals surface area contributed by atoms with E-state index in [2.05, 4.69) is 48.1 Å². The van der Waals surface area contributed by atoms with E-state index >= 15 is 0 Å². The fraction of sp³-hybridized carbons (Fsp3) is 0.429. The average Bonchev–Trinajstić information content (AvgIpc) is 2.68. The van der Waals surface area contributed by atoms with Crippen LogP contribution in [0.15, 0.2) is 27.1 Å². The van der Waals surface area contributed by atoms with Crippen LogP contribution in [0.3, 0.4) is 0 Å². The molecule has 2 rings (SSSR count). The lowest BCUT2D eigenvalue weighted by Crippen LogP contribution is -2.24. The van der Waals surface area contributed by atoms with Gasteiger partial charge in [-0.2, -0.15) is 0 Å². The van der Waals surface area contributed by atoms with Gasteiger partial charge in [-0.15, -0.1) is 0 Å². The zero-order valence-electron chi connectivity index (χ0n) is 10.8. The fourth-order valence-electron chi connectivity index (χ4n) is 2.13. The van der Waals surface area contributed by atoms with E-state index in [4.69, 9.17) is 16.0 Å². The maximum atomic E-state index is 6.19. The number of furan rings is 1. The molecule has 0 aliphatic carbocycles. The summed E-state index contributed by atoms with van der Waals surface area (Å²) in [5, 5.41) is 5.12. The van der Waals surface area contributed by atoms with Crippen LogP contribution in [-0.4, -0.2) is 6.54 Å². The van der Waals surface area contributed by atoms with Crippen LogP contribution in [0.25, 0.3) is 11.0 Å². The molecule has 98 valence electrons. The van der Waals surface area contributed by atoms with E-state index in [-0.39, 0.29) is 6.04 Å². The third-order valence-electron chi connectivity index (χ3n) is 2.95. The van der Waals surface area contributed by atoms with Gasteiger partial charge in [-0.3, -0.25) is 0 Å². The minimum atomic E-state index is 0.220. The second-order valence-electron chi connectivity index (χ2n) is 4.73. The standard InChI is InChI=1S/C14H17BrClNO/c1-4-17-13(8(2)3)12-6-9-5-10(15)7-11(16)14(9)18-12/h5-8,13,17H,4H2,1-3H3. The number of nitrogens with one attached hydrogen (secondary N) is 1. The highest BCUT2D eigenvalue weighted by molar-refractivity contribution is 9.10. The van der Waals surface area contributed by atoms with Crippen LogP contribution in [0.4, 0.5) is 0 Å². The Bertz CT molecular complexity index is 550. The lowest BCUT2D eigenvalue weighted by atomic mass is 10.0. The third-order valence-corrected chi connectivity index (χ3v) is 3.69. The Hall–Kier alpha value is -0.510. The number of hydrogen-bond donors (Lipinski definition) is 1. The van der Waals surface area contributed by atoms with Gasteiger partial charge in [0.05, 0.1) is 11.1 Å².